The van der Waals surface area contributed by atoms with Gasteiger partial charge in [0.05, 0.1) is 6.04 Å². The van der Waals surface area contributed by atoms with Crippen LogP contribution in [0.4, 0.5) is 0 Å². The summed E-state index contributed by atoms with van der Waals surface area (Å²) in [5.41, 5.74) is 0.414. The third-order valence-corrected chi connectivity index (χ3v) is 4.59. The summed E-state index contributed by atoms with van der Waals surface area (Å²) in [5.74, 6) is 0. The fourth-order valence-corrected chi connectivity index (χ4v) is 3.42. The Morgan fingerprint density at radius 2 is 1.65 bits per heavy atom. The van der Waals surface area contributed by atoms with Crippen molar-refractivity contribution >= 4 is 28.8 Å². The lowest BCUT2D eigenvalue weighted by atomic mass is 9.79. The Bertz CT molecular complexity index is 476. The first-order chi connectivity index (χ1) is 9.21. The molecule has 0 N–H and O–H groups in total. The Morgan fingerprint density at radius 3 is 2.15 bits per heavy atom. The van der Waals surface area contributed by atoms with Crippen LogP contribution < -0.4 is 0 Å². The Morgan fingerprint density at radius 1 is 1.15 bits per heavy atom. The van der Waals surface area contributed by atoms with Gasteiger partial charge in [-0.25, -0.2) is 0 Å². The molecule has 0 atom stereocenters. The predicted octanol–water partition coefficient (Wildman–Crippen LogP) is 4.08. The highest BCUT2D eigenvalue weighted by Gasteiger charge is 2.45. The van der Waals surface area contributed by atoms with E-state index >= 15 is 0 Å². The van der Waals surface area contributed by atoms with E-state index in [0.717, 1.165) is 18.4 Å². The van der Waals surface area contributed by atoms with Crippen molar-refractivity contribution in [2.45, 2.75) is 57.7 Å². The number of halogens is 1. The van der Waals surface area contributed by atoms with E-state index in [1.54, 1.807) is 0 Å². The van der Waals surface area contributed by atoms with Crippen molar-refractivity contribution in [3.05, 3.63) is 33.4 Å². The van der Waals surface area contributed by atoms with Crippen LogP contribution in [0, 0.1) is 3.57 Å². The molecule has 2 rings (SSSR count). The molecule has 4 heteroatoms. The van der Waals surface area contributed by atoms with Crippen LogP contribution in [0.1, 0.15) is 46.1 Å². The number of aliphatic imine (C=N–C) groups is 1. The summed E-state index contributed by atoms with van der Waals surface area (Å²) in [6, 6.07) is 8.52. The number of hydroxylamine groups is 2. The van der Waals surface area contributed by atoms with E-state index < -0.39 is 0 Å². The summed E-state index contributed by atoms with van der Waals surface area (Å²) in [6.45, 7) is 8.03. The maximum absolute atomic E-state index is 12.3. The van der Waals surface area contributed by atoms with Gasteiger partial charge in [0, 0.05) is 20.9 Å². The monoisotopic (exact) mass is 385 g/mol. The lowest BCUT2D eigenvalue weighted by molar-refractivity contribution is -0.288. The fraction of sp³-hybridized carbons (Fsp3) is 0.562. The topological polar surface area (TPSA) is 35.5 Å². The van der Waals surface area contributed by atoms with Crippen LogP contribution in [0.25, 0.3) is 0 Å². The van der Waals surface area contributed by atoms with Crippen LogP contribution in [0.5, 0.6) is 0 Å². The quantitative estimate of drug-likeness (QED) is 0.558. The molecule has 0 unspecified atom stereocenters. The second kappa shape index (κ2) is 5.73. The highest BCUT2D eigenvalue weighted by molar-refractivity contribution is 14.1. The average Bonchev–Trinajstić information content (AvgIpc) is 2.35. The average molecular weight is 385 g/mol. The molecule has 1 aliphatic heterocycles. The summed E-state index contributed by atoms with van der Waals surface area (Å²) >= 11 is 2.29. The molecule has 0 spiro atoms. The largest absolute Gasteiger partial charge is 0.289 e. The molecule has 1 saturated heterocycles. The number of nitrogens with zero attached hydrogens (tertiary/aromatic N) is 2. The van der Waals surface area contributed by atoms with Gasteiger partial charge in [-0.3, -0.25) is 4.99 Å². The van der Waals surface area contributed by atoms with Crippen molar-refractivity contribution in [2.24, 2.45) is 4.99 Å². The van der Waals surface area contributed by atoms with Gasteiger partial charge in [-0.15, -0.1) is 10.3 Å². The molecule has 1 aromatic carbocycles. The fourth-order valence-electron chi connectivity index (χ4n) is 3.06. The summed E-state index contributed by atoms with van der Waals surface area (Å²) in [5, 5.41) is 13.5. The van der Waals surface area contributed by atoms with E-state index in [1.807, 2.05) is 33.9 Å². The second-order valence-electron chi connectivity index (χ2n) is 6.81. The molecule has 0 bridgehead atoms. The SMILES string of the molecule is CC1(C)CC(N=Cc2ccc(I)cc2)CC(C)(C)N1[O]. The van der Waals surface area contributed by atoms with Crippen molar-refractivity contribution in [1.29, 1.82) is 0 Å². The van der Waals surface area contributed by atoms with Gasteiger partial charge in [-0.2, -0.15) is 0 Å². The van der Waals surface area contributed by atoms with E-state index in [-0.39, 0.29) is 17.1 Å². The third-order valence-electron chi connectivity index (χ3n) is 3.87. The van der Waals surface area contributed by atoms with Crippen molar-refractivity contribution in [3.63, 3.8) is 0 Å². The van der Waals surface area contributed by atoms with Gasteiger partial charge in [0.25, 0.3) is 0 Å². The summed E-state index contributed by atoms with van der Waals surface area (Å²) in [6.07, 6.45) is 3.55. The van der Waals surface area contributed by atoms with Crippen molar-refractivity contribution in [2.75, 3.05) is 0 Å². The third kappa shape index (κ3) is 3.59. The number of rotatable bonds is 2. The first-order valence-electron chi connectivity index (χ1n) is 6.97. The molecule has 0 aromatic heterocycles. The van der Waals surface area contributed by atoms with Gasteiger partial charge >= 0.3 is 0 Å². The van der Waals surface area contributed by atoms with E-state index in [9.17, 15) is 5.21 Å². The minimum Gasteiger partial charge on any atom is -0.289 e. The Balaban J connectivity index is 2.12. The zero-order valence-electron chi connectivity index (χ0n) is 12.6. The first kappa shape index (κ1) is 15.9. The minimum absolute atomic E-state index is 0.212. The van der Waals surface area contributed by atoms with E-state index in [2.05, 4.69) is 46.9 Å². The standard InChI is InChI=1S/C16H22IN2O/c1-15(2)9-14(10-16(3,4)19(15)20)18-11-12-5-7-13(17)8-6-12/h5-8,11,14H,9-10H2,1-4H3. The van der Waals surface area contributed by atoms with Crippen molar-refractivity contribution < 1.29 is 5.21 Å². The van der Waals surface area contributed by atoms with Crippen LogP contribution in [0.15, 0.2) is 29.3 Å². The van der Waals surface area contributed by atoms with Crippen LogP contribution in [0.3, 0.4) is 0 Å². The number of piperidine rings is 1. The molecule has 1 heterocycles. The number of hydrogen-bond donors (Lipinski definition) is 0. The maximum atomic E-state index is 12.3. The molecule has 1 radical (unpaired) electrons. The van der Waals surface area contributed by atoms with Gasteiger partial charge in [0.1, 0.15) is 0 Å². The van der Waals surface area contributed by atoms with E-state index in [0.29, 0.717) is 0 Å². The normalized spacial score (nSPS) is 23.3. The van der Waals surface area contributed by atoms with E-state index in [1.165, 1.54) is 8.63 Å². The molecule has 109 valence electrons. The molecule has 1 aliphatic rings. The molecule has 1 fully saturated rings. The maximum Gasteiger partial charge on any atom is 0.0536 e. The number of hydrogen-bond acceptors (Lipinski definition) is 2. The number of benzene rings is 1. The summed E-state index contributed by atoms with van der Waals surface area (Å²) < 4.78 is 1.22. The van der Waals surface area contributed by atoms with Crippen LogP contribution in [-0.2, 0) is 5.21 Å². The lowest BCUT2D eigenvalue weighted by Gasteiger charge is -2.48. The zero-order chi connectivity index (χ0) is 15.0. The highest BCUT2D eigenvalue weighted by Crippen LogP contribution is 2.38. The molecular formula is C16H22IN2O. The lowest BCUT2D eigenvalue weighted by Crippen LogP contribution is -2.59. The molecule has 0 amide bonds. The Hall–Kier alpha value is -0.460. The summed E-state index contributed by atoms with van der Waals surface area (Å²) in [7, 11) is 0. The van der Waals surface area contributed by atoms with Crippen LogP contribution >= 0.6 is 22.6 Å². The first-order valence-corrected chi connectivity index (χ1v) is 8.05. The highest BCUT2D eigenvalue weighted by atomic mass is 127. The van der Waals surface area contributed by atoms with Crippen molar-refractivity contribution in [3.8, 4) is 0 Å². The molecule has 0 saturated carbocycles. The Labute approximate surface area is 135 Å². The van der Waals surface area contributed by atoms with E-state index in [4.69, 9.17) is 4.99 Å². The second-order valence-corrected chi connectivity index (χ2v) is 8.06. The van der Waals surface area contributed by atoms with Gasteiger partial charge in [-0.1, -0.05) is 12.1 Å². The van der Waals surface area contributed by atoms with Crippen LogP contribution in [0.2, 0.25) is 0 Å². The van der Waals surface area contributed by atoms with Gasteiger partial charge < -0.3 is 0 Å². The minimum atomic E-state index is -0.351. The van der Waals surface area contributed by atoms with Gasteiger partial charge in [-0.05, 0) is 80.8 Å². The predicted molar refractivity (Wildman–Crippen MR) is 90.5 cm³/mol. The molecular weight excluding hydrogens is 363 g/mol. The Kier molecular flexibility index (Phi) is 4.56. The molecule has 0 aliphatic carbocycles. The van der Waals surface area contributed by atoms with Crippen molar-refractivity contribution in [1.82, 2.24) is 5.06 Å². The smallest absolute Gasteiger partial charge is 0.0536 e. The van der Waals surface area contributed by atoms with Gasteiger partial charge in [0.2, 0.25) is 0 Å². The molecule has 3 nitrogen and oxygen atoms in total. The zero-order valence-corrected chi connectivity index (χ0v) is 14.7. The van der Waals surface area contributed by atoms with Gasteiger partial charge in [0.15, 0.2) is 0 Å². The summed E-state index contributed by atoms with van der Waals surface area (Å²) in [4.78, 5) is 4.72. The molecule has 20 heavy (non-hydrogen) atoms. The molecule has 1 aromatic rings. The van der Waals surface area contributed by atoms with Crippen LogP contribution in [-0.4, -0.2) is 28.4 Å².